The molecule has 1 aromatic heterocycles. The molecule has 0 saturated carbocycles. The minimum atomic E-state index is -0.326. The van der Waals surface area contributed by atoms with Gasteiger partial charge in [-0.3, -0.25) is 9.59 Å². The molecule has 2 atom stereocenters. The van der Waals surface area contributed by atoms with Gasteiger partial charge in [0.15, 0.2) is 11.8 Å². The van der Waals surface area contributed by atoms with E-state index in [0.717, 1.165) is 22.6 Å². The highest BCUT2D eigenvalue weighted by Gasteiger charge is 2.22. The third-order valence-electron chi connectivity index (χ3n) is 4.15. The van der Waals surface area contributed by atoms with Crippen molar-refractivity contribution in [2.45, 2.75) is 39.8 Å². The van der Waals surface area contributed by atoms with E-state index in [4.69, 9.17) is 4.42 Å². The Labute approximate surface area is 148 Å². The number of para-hydroxylation sites is 1. The summed E-state index contributed by atoms with van der Waals surface area (Å²) in [6.45, 7) is 7.59. The van der Waals surface area contributed by atoms with Gasteiger partial charge >= 0.3 is 0 Å². The molecule has 0 radical (unpaired) electrons. The van der Waals surface area contributed by atoms with E-state index in [9.17, 15) is 9.59 Å². The Hall–Kier alpha value is -2.60. The summed E-state index contributed by atoms with van der Waals surface area (Å²) in [4.78, 5) is 24.3. The van der Waals surface area contributed by atoms with E-state index in [2.05, 4.69) is 10.6 Å². The van der Waals surface area contributed by atoms with Crippen molar-refractivity contribution in [2.24, 2.45) is 0 Å². The number of hydrogen-bond acceptors (Lipinski definition) is 3. The number of anilines is 1. The highest BCUT2D eigenvalue weighted by atomic mass is 16.3. The smallest absolute Gasteiger partial charge is 0.278 e. The van der Waals surface area contributed by atoms with E-state index < -0.39 is 0 Å². The topological polar surface area (TPSA) is 88.0 Å². The molecule has 0 bridgehead atoms. The minimum Gasteiger partial charge on any atom is -0.463 e. The summed E-state index contributed by atoms with van der Waals surface area (Å²) in [5.74, 6) is 0.388. The maximum Gasteiger partial charge on any atom is 0.278 e. The highest BCUT2D eigenvalue weighted by molar-refractivity contribution is 5.96. The number of rotatable bonds is 7. The molecule has 0 saturated heterocycles. The van der Waals surface area contributed by atoms with Gasteiger partial charge in [-0.2, -0.15) is 0 Å². The first kappa shape index (κ1) is 18.7. The molecular formula is C19H26N3O3+. The molecule has 2 aromatic rings. The van der Waals surface area contributed by atoms with Crippen molar-refractivity contribution in [1.29, 1.82) is 0 Å². The number of amides is 2. The second-order valence-corrected chi connectivity index (χ2v) is 6.32. The monoisotopic (exact) mass is 344 g/mol. The maximum absolute atomic E-state index is 12.2. The largest absolute Gasteiger partial charge is 0.463 e. The fourth-order valence-corrected chi connectivity index (χ4v) is 2.69. The Balaban J connectivity index is 1.81. The van der Waals surface area contributed by atoms with E-state index in [1.807, 2.05) is 56.4 Å². The Morgan fingerprint density at radius 2 is 1.80 bits per heavy atom. The summed E-state index contributed by atoms with van der Waals surface area (Å²) in [7, 11) is 0. The number of quaternary nitrogens is 1. The molecule has 0 spiro atoms. The predicted octanol–water partition coefficient (Wildman–Crippen LogP) is 1.66. The van der Waals surface area contributed by atoms with Gasteiger partial charge in [-0.25, -0.2) is 0 Å². The predicted molar refractivity (Wildman–Crippen MR) is 96.1 cm³/mol. The number of carbonyl (C=O) groups is 2. The van der Waals surface area contributed by atoms with E-state index in [-0.39, 0.29) is 30.4 Å². The number of nitrogens with two attached hydrogens (primary N) is 1. The number of benzene rings is 1. The van der Waals surface area contributed by atoms with Gasteiger partial charge in [0.05, 0.1) is 12.8 Å². The van der Waals surface area contributed by atoms with Crippen molar-refractivity contribution in [3.8, 4) is 0 Å². The third kappa shape index (κ3) is 5.19. The summed E-state index contributed by atoms with van der Waals surface area (Å²) in [5, 5.41) is 7.44. The Bertz CT molecular complexity index is 705. The van der Waals surface area contributed by atoms with E-state index in [0.29, 0.717) is 0 Å². The first-order valence-corrected chi connectivity index (χ1v) is 8.40. The molecule has 6 heteroatoms. The molecule has 0 aliphatic carbocycles. The quantitative estimate of drug-likeness (QED) is 0.714. The van der Waals surface area contributed by atoms with Gasteiger partial charge in [0.2, 0.25) is 5.91 Å². The summed E-state index contributed by atoms with van der Waals surface area (Å²) < 4.78 is 5.34. The zero-order chi connectivity index (χ0) is 18.4. The molecule has 2 amide bonds. The van der Waals surface area contributed by atoms with E-state index in [1.54, 1.807) is 13.2 Å². The average Bonchev–Trinajstić information content (AvgIpc) is 3.10. The van der Waals surface area contributed by atoms with Crippen LogP contribution in [0.2, 0.25) is 0 Å². The molecule has 0 aliphatic rings. The van der Waals surface area contributed by atoms with Crippen LogP contribution in [-0.2, 0) is 9.59 Å². The van der Waals surface area contributed by atoms with E-state index in [1.165, 1.54) is 0 Å². The van der Waals surface area contributed by atoms with Crippen LogP contribution >= 0.6 is 0 Å². The Morgan fingerprint density at radius 3 is 2.40 bits per heavy atom. The zero-order valence-corrected chi connectivity index (χ0v) is 15.1. The lowest BCUT2D eigenvalue weighted by Crippen LogP contribution is -2.92. The fraction of sp³-hybridized carbons (Fsp3) is 0.368. The van der Waals surface area contributed by atoms with Crippen molar-refractivity contribution in [1.82, 2.24) is 5.32 Å². The standard InChI is InChI=1S/C19H25N3O3/c1-12-7-5-8-13(2)18(12)22-17(23)11-20-19(24)15(4)21-14(3)16-9-6-10-25-16/h5-10,14-15,21H,11H2,1-4H3,(H,20,24)(H,22,23)/p+1/t14-,15-/m1/s1. The zero-order valence-electron chi connectivity index (χ0n) is 15.1. The van der Waals surface area contributed by atoms with Gasteiger partial charge in [-0.1, -0.05) is 18.2 Å². The first-order chi connectivity index (χ1) is 11.9. The summed E-state index contributed by atoms with van der Waals surface area (Å²) >= 11 is 0. The van der Waals surface area contributed by atoms with Crippen molar-refractivity contribution in [3.63, 3.8) is 0 Å². The third-order valence-corrected chi connectivity index (χ3v) is 4.15. The summed E-state index contributed by atoms with van der Waals surface area (Å²) in [6, 6.07) is 9.22. The molecule has 4 N–H and O–H groups in total. The second kappa shape index (κ2) is 8.48. The van der Waals surface area contributed by atoms with Crippen LogP contribution < -0.4 is 16.0 Å². The summed E-state index contributed by atoms with van der Waals surface area (Å²) in [5.41, 5.74) is 2.79. The molecule has 2 rings (SSSR count). The lowest BCUT2D eigenvalue weighted by molar-refractivity contribution is -0.712. The van der Waals surface area contributed by atoms with Crippen molar-refractivity contribution < 1.29 is 19.3 Å². The second-order valence-electron chi connectivity index (χ2n) is 6.32. The molecule has 25 heavy (non-hydrogen) atoms. The molecule has 0 unspecified atom stereocenters. The average molecular weight is 344 g/mol. The normalized spacial score (nSPS) is 13.1. The molecule has 6 nitrogen and oxygen atoms in total. The van der Waals surface area contributed by atoms with Crippen LogP contribution in [0.25, 0.3) is 0 Å². The van der Waals surface area contributed by atoms with Gasteiger partial charge in [-0.15, -0.1) is 0 Å². The molecule has 0 aliphatic heterocycles. The van der Waals surface area contributed by atoms with Crippen LogP contribution in [0.15, 0.2) is 41.0 Å². The van der Waals surface area contributed by atoms with Crippen LogP contribution in [0.3, 0.4) is 0 Å². The number of nitrogens with one attached hydrogen (secondary N) is 2. The molecule has 1 heterocycles. The van der Waals surface area contributed by atoms with Gasteiger partial charge in [0, 0.05) is 5.69 Å². The highest BCUT2D eigenvalue weighted by Crippen LogP contribution is 2.18. The minimum absolute atomic E-state index is 0.0270. The van der Waals surface area contributed by atoms with Gasteiger partial charge in [-0.05, 0) is 51.0 Å². The first-order valence-electron chi connectivity index (χ1n) is 8.40. The van der Waals surface area contributed by atoms with Crippen LogP contribution in [-0.4, -0.2) is 24.4 Å². The number of carbonyl (C=O) groups excluding carboxylic acids is 2. The lowest BCUT2D eigenvalue weighted by Gasteiger charge is -2.15. The van der Waals surface area contributed by atoms with Gasteiger partial charge in [0.25, 0.3) is 5.91 Å². The lowest BCUT2D eigenvalue weighted by atomic mass is 10.1. The van der Waals surface area contributed by atoms with Crippen LogP contribution in [0.1, 0.15) is 36.8 Å². The Kier molecular flexibility index (Phi) is 6.36. The molecule has 0 fully saturated rings. The van der Waals surface area contributed by atoms with Crippen molar-refractivity contribution in [2.75, 3.05) is 11.9 Å². The Morgan fingerprint density at radius 1 is 1.12 bits per heavy atom. The van der Waals surface area contributed by atoms with Crippen LogP contribution in [0.5, 0.6) is 0 Å². The van der Waals surface area contributed by atoms with Gasteiger partial charge < -0.3 is 20.4 Å². The van der Waals surface area contributed by atoms with Crippen molar-refractivity contribution >= 4 is 17.5 Å². The summed E-state index contributed by atoms with van der Waals surface area (Å²) in [6.07, 6.45) is 1.61. The van der Waals surface area contributed by atoms with Gasteiger partial charge in [0.1, 0.15) is 6.04 Å². The maximum atomic E-state index is 12.2. The molecule has 134 valence electrons. The fourth-order valence-electron chi connectivity index (χ4n) is 2.69. The van der Waals surface area contributed by atoms with Crippen LogP contribution in [0, 0.1) is 13.8 Å². The van der Waals surface area contributed by atoms with E-state index >= 15 is 0 Å². The number of hydrogen-bond donors (Lipinski definition) is 3. The van der Waals surface area contributed by atoms with Crippen LogP contribution in [0.4, 0.5) is 5.69 Å². The molecule has 1 aromatic carbocycles. The molecular weight excluding hydrogens is 318 g/mol. The SMILES string of the molecule is Cc1cccc(C)c1NC(=O)CNC(=O)[C@@H](C)[NH2+][C@H](C)c1ccco1. The number of furan rings is 1. The van der Waals surface area contributed by atoms with Crippen molar-refractivity contribution in [3.05, 3.63) is 53.5 Å². The number of aryl methyl sites for hydroxylation is 2.